The second-order valence-corrected chi connectivity index (χ2v) is 7.74. The number of fused-ring (bicyclic) bond motifs is 1. The third kappa shape index (κ3) is 4.38. The zero-order chi connectivity index (χ0) is 23.4. The maximum atomic E-state index is 13.0. The molecule has 7 nitrogen and oxygen atoms in total. The van der Waals surface area contributed by atoms with Gasteiger partial charge in [0.05, 0.1) is 26.4 Å². The highest BCUT2D eigenvalue weighted by atomic mass is 16.5. The van der Waals surface area contributed by atoms with E-state index in [4.69, 9.17) is 14.2 Å². The Kier molecular flexibility index (Phi) is 7.28. The molecule has 0 unspecified atom stereocenters. The molecular weight excluding hydrogens is 408 g/mol. The van der Waals surface area contributed by atoms with Crippen molar-refractivity contribution in [3.05, 3.63) is 51.9 Å². The smallest absolute Gasteiger partial charge is 0.340 e. The van der Waals surface area contributed by atoms with Gasteiger partial charge in [-0.1, -0.05) is 0 Å². The van der Waals surface area contributed by atoms with Crippen LogP contribution in [0.1, 0.15) is 52.3 Å². The Morgan fingerprint density at radius 1 is 1.03 bits per heavy atom. The average molecular weight is 441 g/mol. The number of carbonyl (C=O) groups is 2. The Morgan fingerprint density at radius 3 is 2.28 bits per heavy atom. The summed E-state index contributed by atoms with van der Waals surface area (Å²) in [4.78, 5) is 27.4. The molecule has 0 radical (unpaired) electrons. The Morgan fingerprint density at radius 2 is 1.69 bits per heavy atom. The minimum Gasteiger partial charge on any atom is -0.493 e. The van der Waals surface area contributed by atoms with E-state index < -0.39 is 0 Å². The molecule has 7 heteroatoms. The molecule has 32 heavy (non-hydrogen) atoms. The van der Waals surface area contributed by atoms with Crippen LogP contribution in [-0.4, -0.2) is 48.7 Å². The highest BCUT2D eigenvalue weighted by Gasteiger charge is 2.24. The molecule has 1 aliphatic heterocycles. The van der Waals surface area contributed by atoms with Crippen molar-refractivity contribution < 1.29 is 23.8 Å². The molecule has 0 saturated heterocycles. The summed E-state index contributed by atoms with van der Waals surface area (Å²) in [6.07, 6.45) is 4.04. The van der Waals surface area contributed by atoms with Gasteiger partial charge in [0.25, 0.3) is 0 Å². The van der Waals surface area contributed by atoms with E-state index in [1.165, 1.54) is 0 Å². The standard InChI is InChI=1S/C25H32N2O5/c1-7-27-16(3)20(24(17(27)4)25(29)32-8-2)9-10-23(28)26-12-11-18-13-21(30-5)22(31-6)14-19(18)15-26/h9-10,13-14H,7-8,11-12,15H2,1-6H3/b10-9+. The number of hydrogen-bond acceptors (Lipinski definition) is 5. The van der Waals surface area contributed by atoms with Gasteiger partial charge >= 0.3 is 5.97 Å². The first-order chi connectivity index (χ1) is 15.4. The lowest BCUT2D eigenvalue weighted by atomic mass is 9.98. The number of nitrogens with zero attached hydrogens (tertiary/aromatic N) is 2. The molecule has 0 spiro atoms. The lowest BCUT2D eigenvalue weighted by Gasteiger charge is -2.28. The molecule has 2 aromatic rings. The zero-order valence-corrected chi connectivity index (χ0v) is 19.8. The number of amides is 1. The lowest BCUT2D eigenvalue weighted by molar-refractivity contribution is -0.126. The zero-order valence-electron chi connectivity index (χ0n) is 19.8. The van der Waals surface area contributed by atoms with Crippen LogP contribution in [0.3, 0.4) is 0 Å². The average Bonchev–Trinajstić information content (AvgIpc) is 3.04. The third-order valence-corrected chi connectivity index (χ3v) is 6.05. The summed E-state index contributed by atoms with van der Waals surface area (Å²) < 4.78 is 18.1. The fraction of sp³-hybridized carbons (Fsp3) is 0.440. The minimum atomic E-state index is -0.361. The van der Waals surface area contributed by atoms with Gasteiger partial charge in [0.15, 0.2) is 11.5 Å². The van der Waals surface area contributed by atoms with Crippen LogP contribution in [0.2, 0.25) is 0 Å². The van der Waals surface area contributed by atoms with Crippen LogP contribution in [0.5, 0.6) is 11.5 Å². The topological polar surface area (TPSA) is 70.0 Å². The fourth-order valence-corrected chi connectivity index (χ4v) is 4.38. The van der Waals surface area contributed by atoms with Crippen LogP contribution in [0, 0.1) is 13.8 Å². The summed E-state index contributed by atoms with van der Waals surface area (Å²) in [6.45, 7) is 9.84. The van der Waals surface area contributed by atoms with E-state index in [9.17, 15) is 9.59 Å². The van der Waals surface area contributed by atoms with E-state index in [0.717, 1.165) is 41.0 Å². The predicted octanol–water partition coefficient (Wildman–Crippen LogP) is 3.92. The number of hydrogen-bond donors (Lipinski definition) is 0. The van der Waals surface area contributed by atoms with Crippen molar-refractivity contribution >= 4 is 18.0 Å². The maximum Gasteiger partial charge on any atom is 0.340 e. The summed E-state index contributed by atoms with van der Waals surface area (Å²) in [7, 11) is 3.22. The lowest BCUT2D eigenvalue weighted by Crippen LogP contribution is -2.34. The second kappa shape index (κ2) is 9.94. The van der Waals surface area contributed by atoms with E-state index >= 15 is 0 Å². The van der Waals surface area contributed by atoms with Gasteiger partial charge in [-0.2, -0.15) is 0 Å². The molecule has 2 heterocycles. The molecule has 0 saturated carbocycles. The molecular formula is C25H32N2O5. The number of esters is 1. The first kappa shape index (κ1) is 23.4. The summed E-state index contributed by atoms with van der Waals surface area (Å²) in [5, 5.41) is 0. The van der Waals surface area contributed by atoms with Gasteiger partial charge < -0.3 is 23.7 Å². The van der Waals surface area contributed by atoms with Crippen molar-refractivity contribution in [3.63, 3.8) is 0 Å². The molecule has 0 atom stereocenters. The predicted molar refractivity (Wildman–Crippen MR) is 123 cm³/mol. The van der Waals surface area contributed by atoms with Gasteiger partial charge in [0.1, 0.15) is 0 Å². The minimum absolute atomic E-state index is 0.0958. The summed E-state index contributed by atoms with van der Waals surface area (Å²) in [5.74, 6) is 0.896. The SMILES string of the molecule is CCOC(=O)c1c(/C=C/C(=O)N2CCc3cc(OC)c(OC)cc3C2)c(C)n(CC)c1C. The van der Waals surface area contributed by atoms with Gasteiger partial charge in [-0.3, -0.25) is 4.79 Å². The molecule has 1 aliphatic rings. The summed E-state index contributed by atoms with van der Waals surface area (Å²) in [6, 6.07) is 3.92. The van der Waals surface area contributed by atoms with Crippen molar-refractivity contribution in [1.29, 1.82) is 0 Å². The third-order valence-electron chi connectivity index (χ3n) is 6.05. The van der Waals surface area contributed by atoms with Gasteiger partial charge in [-0.05, 0) is 63.5 Å². The Balaban J connectivity index is 1.86. The van der Waals surface area contributed by atoms with Crippen LogP contribution in [0.15, 0.2) is 18.2 Å². The number of benzene rings is 1. The normalized spacial score (nSPS) is 13.2. The van der Waals surface area contributed by atoms with E-state index in [1.54, 1.807) is 38.2 Å². The molecule has 0 N–H and O–H groups in total. The molecule has 0 fully saturated rings. The van der Waals surface area contributed by atoms with Crippen LogP contribution >= 0.6 is 0 Å². The molecule has 0 aliphatic carbocycles. The molecule has 0 bridgehead atoms. The molecule has 3 rings (SSSR count). The van der Waals surface area contributed by atoms with E-state index in [0.29, 0.717) is 36.8 Å². The van der Waals surface area contributed by atoms with Crippen LogP contribution in [0.25, 0.3) is 6.08 Å². The largest absolute Gasteiger partial charge is 0.493 e. The summed E-state index contributed by atoms with van der Waals surface area (Å²) in [5.41, 5.74) is 5.26. The number of carbonyl (C=O) groups excluding carboxylic acids is 2. The van der Waals surface area contributed by atoms with Gasteiger partial charge in [-0.15, -0.1) is 0 Å². The Labute approximate surface area is 189 Å². The first-order valence-corrected chi connectivity index (χ1v) is 10.9. The van der Waals surface area contributed by atoms with Crippen molar-refractivity contribution in [2.75, 3.05) is 27.4 Å². The Bertz CT molecular complexity index is 1050. The molecule has 172 valence electrons. The maximum absolute atomic E-state index is 13.0. The highest BCUT2D eigenvalue weighted by Crippen LogP contribution is 2.33. The van der Waals surface area contributed by atoms with E-state index in [-0.39, 0.29) is 11.9 Å². The van der Waals surface area contributed by atoms with Crippen molar-refractivity contribution in [1.82, 2.24) is 9.47 Å². The molecule has 1 amide bonds. The van der Waals surface area contributed by atoms with Crippen molar-refractivity contribution in [3.8, 4) is 11.5 Å². The van der Waals surface area contributed by atoms with Crippen molar-refractivity contribution in [2.24, 2.45) is 0 Å². The number of ether oxygens (including phenoxy) is 3. The van der Waals surface area contributed by atoms with Gasteiger partial charge in [0, 0.05) is 42.7 Å². The Hall–Kier alpha value is -3.22. The van der Waals surface area contributed by atoms with E-state index in [1.807, 2.05) is 32.9 Å². The van der Waals surface area contributed by atoms with Crippen LogP contribution < -0.4 is 9.47 Å². The number of methoxy groups -OCH3 is 2. The molecule has 1 aromatic heterocycles. The highest BCUT2D eigenvalue weighted by molar-refractivity contribution is 5.99. The fourth-order valence-electron chi connectivity index (χ4n) is 4.38. The van der Waals surface area contributed by atoms with Gasteiger partial charge in [-0.25, -0.2) is 4.79 Å². The number of aromatic nitrogens is 1. The molecule has 1 aromatic carbocycles. The van der Waals surface area contributed by atoms with Crippen LogP contribution in [0.4, 0.5) is 0 Å². The second-order valence-electron chi connectivity index (χ2n) is 7.74. The monoisotopic (exact) mass is 440 g/mol. The quantitative estimate of drug-likeness (QED) is 0.482. The van der Waals surface area contributed by atoms with Crippen molar-refractivity contribution in [2.45, 2.75) is 47.2 Å². The first-order valence-electron chi connectivity index (χ1n) is 10.9. The van der Waals surface area contributed by atoms with E-state index in [2.05, 4.69) is 4.57 Å². The van der Waals surface area contributed by atoms with Crippen LogP contribution in [-0.2, 0) is 29.0 Å². The summed E-state index contributed by atoms with van der Waals surface area (Å²) >= 11 is 0. The van der Waals surface area contributed by atoms with Gasteiger partial charge in [0.2, 0.25) is 5.91 Å². The number of rotatable bonds is 7.